The van der Waals surface area contributed by atoms with E-state index >= 15 is 0 Å². The van der Waals surface area contributed by atoms with Gasteiger partial charge in [0.1, 0.15) is 11.9 Å². The van der Waals surface area contributed by atoms with E-state index in [1.165, 1.54) is 6.20 Å². The Morgan fingerprint density at radius 1 is 1.59 bits per heavy atom. The number of nitrogens with zero attached hydrogens (tertiary/aromatic N) is 2. The minimum Gasteiger partial charge on any atom is -0.335 e. The topological polar surface area (TPSA) is 62.3 Å². The number of piperazine rings is 1. The minimum atomic E-state index is -0.447. The Balaban J connectivity index is 2.37. The Kier molecular flexibility index (Phi) is 3.35. The second-order valence-electron chi connectivity index (χ2n) is 3.68. The number of imide groups is 1. The lowest BCUT2D eigenvalue weighted by Crippen LogP contribution is -2.57. The molecule has 2 rings (SSSR count). The average Bonchev–Trinajstić information content (AvgIpc) is 2.24. The summed E-state index contributed by atoms with van der Waals surface area (Å²) in [5.74, 6) is -0.133. The second-order valence-corrected chi connectivity index (χ2v) is 4.97. The highest BCUT2D eigenvalue weighted by Crippen LogP contribution is 2.28. The van der Waals surface area contributed by atoms with E-state index in [0.717, 1.165) is 0 Å². The smallest absolute Gasteiger partial charge is 0.249 e. The molecule has 2 heterocycles. The third kappa shape index (κ3) is 2.42. The van der Waals surface area contributed by atoms with E-state index in [9.17, 15) is 9.59 Å². The zero-order chi connectivity index (χ0) is 12.6. The molecule has 1 aromatic rings. The van der Waals surface area contributed by atoms with Crippen LogP contribution in [0.15, 0.2) is 16.7 Å². The van der Waals surface area contributed by atoms with Crippen molar-refractivity contribution in [3.8, 4) is 0 Å². The Bertz CT molecular complexity index is 494. The molecular weight excluding hydrogens is 309 g/mol. The number of anilines is 1. The number of hydrogen-bond donors (Lipinski definition) is 1. The summed E-state index contributed by atoms with van der Waals surface area (Å²) < 4.78 is 0.652. The van der Waals surface area contributed by atoms with Gasteiger partial charge in [0.2, 0.25) is 11.8 Å². The van der Waals surface area contributed by atoms with Crippen molar-refractivity contribution in [3.05, 3.63) is 21.8 Å². The van der Waals surface area contributed by atoms with Crippen LogP contribution < -0.4 is 10.2 Å². The zero-order valence-electron chi connectivity index (χ0n) is 8.91. The molecule has 0 aliphatic carbocycles. The van der Waals surface area contributed by atoms with Gasteiger partial charge in [-0.05, 0) is 28.9 Å². The molecule has 0 bridgehead atoms. The number of carbonyl (C=O) groups is 2. The standard InChI is InChI=1S/C10H9BrClN3O2/c1-5-10(17)14-8(16)4-15(5)9-7(11)2-6(12)3-13-9/h2-3,5H,4H2,1H3,(H,14,16,17). The Morgan fingerprint density at radius 3 is 2.94 bits per heavy atom. The van der Waals surface area contributed by atoms with Crippen LogP contribution >= 0.6 is 27.5 Å². The fraction of sp³-hybridized carbons (Fsp3) is 0.300. The van der Waals surface area contributed by atoms with Crippen molar-refractivity contribution in [1.82, 2.24) is 10.3 Å². The molecule has 0 saturated carbocycles. The molecule has 5 nitrogen and oxygen atoms in total. The molecule has 0 aromatic carbocycles. The van der Waals surface area contributed by atoms with Crippen molar-refractivity contribution in [2.75, 3.05) is 11.4 Å². The fourth-order valence-corrected chi connectivity index (χ4v) is 2.46. The highest BCUT2D eigenvalue weighted by Gasteiger charge is 2.32. The number of carbonyl (C=O) groups excluding carboxylic acids is 2. The lowest BCUT2D eigenvalue weighted by molar-refractivity contribution is -0.132. The van der Waals surface area contributed by atoms with E-state index in [1.54, 1.807) is 17.9 Å². The van der Waals surface area contributed by atoms with Crippen molar-refractivity contribution in [3.63, 3.8) is 0 Å². The van der Waals surface area contributed by atoms with Gasteiger partial charge in [-0.15, -0.1) is 0 Å². The van der Waals surface area contributed by atoms with Crippen molar-refractivity contribution in [2.24, 2.45) is 0 Å². The van der Waals surface area contributed by atoms with E-state index in [4.69, 9.17) is 11.6 Å². The number of aromatic nitrogens is 1. The van der Waals surface area contributed by atoms with E-state index in [1.807, 2.05) is 0 Å². The van der Waals surface area contributed by atoms with Gasteiger partial charge in [-0.2, -0.15) is 0 Å². The van der Waals surface area contributed by atoms with Crippen molar-refractivity contribution in [1.29, 1.82) is 0 Å². The summed E-state index contributed by atoms with van der Waals surface area (Å²) in [5.41, 5.74) is 0. The van der Waals surface area contributed by atoms with Crippen LogP contribution in [0.2, 0.25) is 5.02 Å². The third-order valence-corrected chi connectivity index (χ3v) is 3.27. The Labute approximate surface area is 111 Å². The first kappa shape index (κ1) is 12.3. The molecule has 1 fully saturated rings. The molecule has 90 valence electrons. The van der Waals surface area contributed by atoms with E-state index in [0.29, 0.717) is 15.3 Å². The summed E-state index contributed by atoms with van der Waals surface area (Å²) in [4.78, 5) is 28.6. The Hall–Kier alpha value is -1.14. The average molecular weight is 319 g/mol. The molecule has 0 radical (unpaired) electrons. The summed E-state index contributed by atoms with van der Waals surface area (Å²) in [6.07, 6.45) is 1.48. The molecule has 1 aliphatic heterocycles. The zero-order valence-corrected chi connectivity index (χ0v) is 11.2. The maximum absolute atomic E-state index is 11.5. The Morgan fingerprint density at radius 2 is 2.29 bits per heavy atom. The molecule has 7 heteroatoms. The summed E-state index contributed by atoms with van der Waals surface area (Å²) in [7, 11) is 0. The van der Waals surface area contributed by atoms with Crippen molar-refractivity contribution in [2.45, 2.75) is 13.0 Å². The third-order valence-electron chi connectivity index (χ3n) is 2.48. The fourth-order valence-electron chi connectivity index (χ4n) is 1.59. The summed E-state index contributed by atoms with van der Waals surface area (Å²) >= 11 is 9.11. The van der Waals surface area contributed by atoms with Crippen LogP contribution in [0.25, 0.3) is 0 Å². The summed E-state index contributed by atoms with van der Waals surface area (Å²) in [6.45, 7) is 1.81. The normalized spacial score (nSPS) is 20.4. The van der Waals surface area contributed by atoms with Crippen LogP contribution in [0.5, 0.6) is 0 Å². The molecule has 1 saturated heterocycles. The molecule has 1 aliphatic rings. The second kappa shape index (κ2) is 4.62. The molecule has 1 N–H and O–H groups in total. The van der Waals surface area contributed by atoms with Crippen LogP contribution in [-0.4, -0.2) is 29.4 Å². The number of rotatable bonds is 1. The lowest BCUT2D eigenvalue weighted by Gasteiger charge is -2.33. The van der Waals surface area contributed by atoms with Gasteiger partial charge >= 0.3 is 0 Å². The number of pyridine rings is 1. The molecule has 1 aromatic heterocycles. The van der Waals surface area contributed by atoms with Gasteiger partial charge in [0, 0.05) is 6.20 Å². The minimum absolute atomic E-state index is 0.0974. The number of amides is 2. The van der Waals surface area contributed by atoms with Gasteiger partial charge in [-0.1, -0.05) is 11.6 Å². The van der Waals surface area contributed by atoms with Crippen LogP contribution in [0, 0.1) is 0 Å². The number of nitrogens with one attached hydrogen (secondary N) is 1. The van der Waals surface area contributed by atoms with Crippen molar-refractivity contribution < 1.29 is 9.59 Å². The van der Waals surface area contributed by atoms with Crippen LogP contribution in [-0.2, 0) is 9.59 Å². The van der Waals surface area contributed by atoms with E-state index in [2.05, 4.69) is 26.2 Å². The predicted molar refractivity (Wildman–Crippen MR) is 66.9 cm³/mol. The van der Waals surface area contributed by atoms with Gasteiger partial charge < -0.3 is 4.90 Å². The lowest BCUT2D eigenvalue weighted by atomic mass is 10.2. The number of halogens is 2. The highest BCUT2D eigenvalue weighted by atomic mass is 79.9. The largest absolute Gasteiger partial charge is 0.335 e. The molecule has 17 heavy (non-hydrogen) atoms. The molecular formula is C10H9BrClN3O2. The molecule has 1 atom stereocenters. The summed E-state index contributed by atoms with van der Waals surface area (Å²) in [5, 5.41) is 2.76. The van der Waals surface area contributed by atoms with Crippen LogP contribution in [0.4, 0.5) is 5.82 Å². The van der Waals surface area contributed by atoms with Gasteiger partial charge in [-0.3, -0.25) is 14.9 Å². The molecule has 2 amide bonds. The summed E-state index contributed by atoms with van der Waals surface area (Å²) in [6, 6.07) is 1.23. The van der Waals surface area contributed by atoms with Gasteiger partial charge in [-0.25, -0.2) is 4.98 Å². The first-order valence-electron chi connectivity index (χ1n) is 4.90. The molecule has 0 spiro atoms. The van der Waals surface area contributed by atoms with E-state index in [-0.39, 0.29) is 18.4 Å². The predicted octanol–water partition coefficient (Wildman–Crippen LogP) is 1.35. The number of hydrogen-bond acceptors (Lipinski definition) is 4. The van der Waals surface area contributed by atoms with Crippen molar-refractivity contribution >= 4 is 45.2 Å². The van der Waals surface area contributed by atoms with Gasteiger partial charge in [0.05, 0.1) is 16.0 Å². The quantitative estimate of drug-likeness (QED) is 0.794. The maximum atomic E-state index is 11.5. The monoisotopic (exact) mass is 317 g/mol. The molecule has 1 unspecified atom stereocenters. The van der Waals surface area contributed by atoms with E-state index < -0.39 is 6.04 Å². The highest BCUT2D eigenvalue weighted by molar-refractivity contribution is 9.10. The van der Waals surface area contributed by atoms with Gasteiger partial charge in [0.15, 0.2) is 0 Å². The van der Waals surface area contributed by atoms with Gasteiger partial charge in [0.25, 0.3) is 0 Å². The first-order valence-corrected chi connectivity index (χ1v) is 6.07. The van der Waals surface area contributed by atoms with Crippen LogP contribution in [0.1, 0.15) is 6.92 Å². The SMILES string of the molecule is CC1C(=O)NC(=O)CN1c1ncc(Cl)cc1Br. The first-order chi connectivity index (χ1) is 7.99. The maximum Gasteiger partial charge on any atom is 0.249 e. The van der Waals surface area contributed by atoms with Crippen LogP contribution in [0.3, 0.4) is 0 Å².